The Labute approximate surface area is 113 Å². The van der Waals surface area contributed by atoms with E-state index in [0.717, 1.165) is 0 Å². The van der Waals surface area contributed by atoms with Crippen LogP contribution in [0.3, 0.4) is 0 Å². The highest BCUT2D eigenvalue weighted by atomic mass is 32.2. The van der Waals surface area contributed by atoms with Gasteiger partial charge in [-0.25, -0.2) is 13.1 Å². The highest BCUT2D eigenvalue weighted by Crippen LogP contribution is 2.12. The van der Waals surface area contributed by atoms with Crippen molar-refractivity contribution in [1.29, 1.82) is 0 Å². The zero-order valence-corrected chi connectivity index (χ0v) is 11.7. The lowest BCUT2D eigenvalue weighted by Crippen LogP contribution is -2.39. The molecule has 0 unspecified atom stereocenters. The van der Waals surface area contributed by atoms with Gasteiger partial charge in [0.25, 0.3) is 0 Å². The summed E-state index contributed by atoms with van der Waals surface area (Å²) in [5, 5.41) is 8.95. The summed E-state index contributed by atoms with van der Waals surface area (Å²) in [7, 11) is -3.44. The van der Waals surface area contributed by atoms with Crippen LogP contribution in [0.4, 0.5) is 5.69 Å². The van der Waals surface area contributed by atoms with Crippen molar-refractivity contribution in [2.24, 2.45) is 0 Å². The Morgan fingerprint density at radius 3 is 2.53 bits per heavy atom. The Morgan fingerprint density at radius 1 is 1.37 bits per heavy atom. The predicted molar refractivity (Wildman–Crippen MR) is 74.4 cm³/mol. The fraction of sp³-hybridized carbons (Fsp3) is 0.500. The van der Waals surface area contributed by atoms with E-state index in [1.165, 1.54) is 0 Å². The third-order valence-electron chi connectivity index (χ3n) is 2.56. The molecule has 1 aromatic carbocycles. The first-order valence-corrected chi connectivity index (χ1v) is 7.71. The van der Waals surface area contributed by atoms with Crippen LogP contribution in [0.5, 0.6) is 5.75 Å². The molecule has 0 aliphatic heterocycles. The van der Waals surface area contributed by atoms with Gasteiger partial charge in [0, 0.05) is 11.7 Å². The zero-order valence-electron chi connectivity index (χ0n) is 10.9. The largest absolute Gasteiger partial charge is 0.492 e. The van der Waals surface area contributed by atoms with Crippen LogP contribution in [-0.4, -0.2) is 38.5 Å². The topological polar surface area (TPSA) is 102 Å². The number of hydrogen-bond acceptors (Lipinski definition) is 5. The average molecular weight is 288 g/mol. The molecule has 0 aromatic heterocycles. The number of nitrogens with one attached hydrogen (secondary N) is 1. The molecule has 19 heavy (non-hydrogen) atoms. The standard InChI is InChI=1S/C12H20N2O4S/c1-2-11(9-15)14-19(16,17)8-7-18-12-5-3-10(13)4-6-12/h3-6,11,14-15H,2,7-9,13H2,1H3/t11-/m0/s1. The minimum atomic E-state index is -3.44. The van der Waals surface area contributed by atoms with Crippen LogP contribution in [-0.2, 0) is 10.0 Å². The number of rotatable bonds is 8. The molecule has 0 fully saturated rings. The summed E-state index contributed by atoms with van der Waals surface area (Å²) < 4.78 is 31.1. The van der Waals surface area contributed by atoms with E-state index < -0.39 is 16.1 Å². The minimum absolute atomic E-state index is 0.0428. The number of ether oxygens (including phenoxy) is 1. The van der Waals surface area contributed by atoms with E-state index in [0.29, 0.717) is 17.9 Å². The molecule has 0 saturated carbocycles. The summed E-state index contributed by atoms with van der Waals surface area (Å²) in [6, 6.07) is 6.28. The van der Waals surface area contributed by atoms with Gasteiger partial charge in [0.15, 0.2) is 0 Å². The van der Waals surface area contributed by atoms with E-state index in [9.17, 15) is 8.42 Å². The second-order valence-electron chi connectivity index (χ2n) is 4.14. The van der Waals surface area contributed by atoms with Crippen molar-refractivity contribution in [3.63, 3.8) is 0 Å². The summed E-state index contributed by atoms with van der Waals surface area (Å²) in [6.45, 7) is 1.63. The van der Waals surface area contributed by atoms with Gasteiger partial charge in [-0.2, -0.15) is 0 Å². The summed E-state index contributed by atoms with van der Waals surface area (Å²) in [5.41, 5.74) is 6.15. The molecular weight excluding hydrogens is 268 g/mol. The molecule has 1 atom stereocenters. The number of aliphatic hydroxyl groups excluding tert-OH is 1. The van der Waals surface area contributed by atoms with Crippen LogP contribution in [0.2, 0.25) is 0 Å². The molecule has 0 aliphatic rings. The Bertz CT molecular complexity index is 469. The van der Waals surface area contributed by atoms with Crippen molar-refractivity contribution in [2.75, 3.05) is 24.7 Å². The third kappa shape index (κ3) is 5.91. The molecule has 0 aliphatic carbocycles. The zero-order chi connectivity index (χ0) is 14.3. The fourth-order valence-electron chi connectivity index (χ4n) is 1.40. The van der Waals surface area contributed by atoms with E-state index in [2.05, 4.69) is 4.72 Å². The Hall–Kier alpha value is -1.31. The molecule has 1 aromatic rings. The lowest BCUT2D eigenvalue weighted by atomic mass is 10.3. The van der Waals surface area contributed by atoms with Crippen LogP contribution in [0.15, 0.2) is 24.3 Å². The molecule has 0 radical (unpaired) electrons. The molecule has 0 saturated heterocycles. The van der Waals surface area contributed by atoms with Crippen LogP contribution in [0, 0.1) is 0 Å². The second kappa shape index (κ2) is 7.32. The number of aliphatic hydroxyl groups is 1. The first kappa shape index (κ1) is 15.7. The lowest BCUT2D eigenvalue weighted by molar-refractivity contribution is 0.253. The first-order valence-electron chi connectivity index (χ1n) is 6.06. The summed E-state index contributed by atoms with van der Waals surface area (Å²) >= 11 is 0. The van der Waals surface area contributed by atoms with Gasteiger partial charge in [0.1, 0.15) is 12.4 Å². The molecule has 108 valence electrons. The lowest BCUT2D eigenvalue weighted by Gasteiger charge is -2.14. The van der Waals surface area contributed by atoms with Crippen molar-refractivity contribution in [1.82, 2.24) is 4.72 Å². The number of anilines is 1. The normalized spacial score (nSPS) is 13.2. The molecule has 4 N–H and O–H groups in total. The van der Waals surface area contributed by atoms with Gasteiger partial charge in [0.05, 0.1) is 12.4 Å². The molecule has 6 nitrogen and oxygen atoms in total. The maximum absolute atomic E-state index is 11.7. The van der Waals surface area contributed by atoms with Crippen molar-refractivity contribution in [2.45, 2.75) is 19.4 Å². The molecule has 0 amide bonds. The minimum Gasteiger partial charge on any atom is -0.492 e. The fourth-order valence-corrected chi connectivity index (χ4v) is 2.57. The van der Waals surface area contributed by atoms with Crippen molar-refractivity contribution in [3.8, 4) is 5.75 Å². The number of nitrogens with two attached hydrogens (primary N) is 1. The van der Waals surface area contributed by atoms with Crippen LogP contribution in [0.25, 0.3) is 0 Å². The molecule has 0 spiro atoms. The van der Waals surface area contributed by atoms with Gasteiger partial charge < -0.3 is 15.6 Å². The van der Waals surface area contributed by atoms with Gasteiger partial charge in [-0.1, -0.05) is 6.92 Å². The van der Waals surface area contributed by atoms with E-state index in [-0.39, 0.29) is 19.0 Å². The quantitative estimate of drug-likeness (QED) is 0.599. The van der Waals surface area contributed by atoms with Gasteiger partial charge in [-0.05, 0) is 30.7 Å². The van der Waals surface area contributed by atoms with Crippen molar-refractivity contribution in [3.05, 3.63) is 24.3 Å². The maximum atomic E-state index is 11.7. The molecule has 1 rings (SSSR count). The van der Waals surface area contributed by atoms with Crippen LogP contribution < -0.4 is 15.2 Å². The Morgan fingerprint density at radius 2 is 2.00 bits per heavy atom. The van der Waals surface area contributed by atoms with E-state index in [1.54, 1.807) is 31.2 Å². The number of sulfonamides is 1. The van der Waals surface area contributed by atoms with E-state index in [1.807, 2.05) is 0 Å². The maximum Gasteiger partial charge on any atom is 0.215 e. The van der Waals surface area contributed by atoms with E-state index in [4.69, 9.17) is 15.6 Å². The Balaban J connectivity index is 2.41. The van der Waals surface area contributed by atoms with Crippen molar-refractivity contribution < 1.29 is 18.3 Å². The van der Waals surface area contributed by atoms with Crippen molar-refractivity contribution >= 4 is 15.7 Å². The summed E-state index contributed by atoms with van der Waals surface area (Å²) in [6.07, 6.45) is 0.536. The first-order chi connectivity index (χ1) is 8.96. The monoisotopic (exact) mass is 288 g/mol. The van der Waals surface area contributed by atoms with Gasteiger partial charge in [-0.3, -0.25) is 0 Å². The van der Waals surface area contributed by atoms with Gasteiger partial charge >= 0.3 is 0 Å². The number of hydrogen-bond donors (Lipinski definition) is 3. The molecule has 0 bridgehead atoms. The van der Waals surface area contributed by atoms with Gasteiger partial charge in [-0.15, -0.1) is 0 Å². The van der Waals surface area contributed by atoms with Crippen LogP contribution >= 0.6 is 0 Å². The molecule has 0 heterocycles. The highest BCUT2D eigenvalue weighted by Gasteiger charge is 2.15. The average Bonchev–Trinajstić information content (AvgIpc) is 2.38. The Kier molecular flexibility index (Phi) is 6.07. The molecule has 7 heteroatoms. The third-order valence-corrected chi connectivity index (χ3v) is 3.96. The second-order valence-corrected chi connectivity index (χ2v) is 6.02. The summed E-state index contributed by atoms with van der Waals surface area (Å²) in [5.74, 6) is 0.409. The number of nitrogen functional groups attached to an aromatic ring is 1. The number of benzene rings is 1. The SMILES string of the molecule is CC[C@@H](CO)NS(=O)(=O)CCOc1ccc(N)cc1. The van der Waals surface area contributed by atoms with Crippen LogP contribution in [0.1, 0.15) is 13.3 Å². The predicted octanol–water partition coefficient (Wildman–Crippen LogP) is 0.338. The highest BCUT2D eigenvalue weighted by molar-refractivity contribution is 7.89. The smallest absolute Gasteiger partial charge is 0.215 e. The van der Waals surface area contributed by atoms with E-state index >= 15 is 0 Å². The van der Waals surface area contributed by atoms with Gasteiger partial charge in [0.2, 0.25) is 10.0 Å². The molecular formula is C12H20N2O4S. The summed E-state index contributed by atoms with van der Waals surface area (Å²) in [4.78, 5) is 0.